The van der Waals surface area contributed by atoms with Crippen molar-refractivity contribution in [3.63, 3.8) is 0 Å². The highest BCUT2D eigenvalue weighted by Gasteiger charge is 2.38. The number of hydrogen-bond acceptors (Lipinski definition) is 2. The molecule has 0 bridgehead atoms. The summed E-state index contributed by atoms with van der Waals surface area (Å²) in [6.07, 6.45) is 0. The molecule has 0 fully saturated rings. The zero-order valence-corrected chi connectivity index (χ0v) is 30.8. The van der Waals surface area contributed by atoms with Crippen LogP contribution in [0.15, 0.2) is 192 Å². The highest BCUT2D eigenvalue weighted by atomic mass is 16.3. The third kappa shape index (κ3) is 4.88. The van der Waals surface area contributed by atoms with Crippen LogP contribution in [-0.2, 0) is 5.41 Å². The van der Waals surface area contributed by atoms with Gasteiger partial charge in [-0.1, -0.05) is 153 Å². The summed E-state index contributed by atoms with van der Waals surface area (Å²) in [6, 6.07) is 68.3. The molecule has 1 aliphatic rings. The highest BCUT2D eigenvalue weighted by molar-refractivity contribution is 6.11. The average molecular weight is 704 g/mol. The molecule has 260 valence electrons. The first-order chi connectivity index (χ1) is 27.0. The normalized spacial score (nSPS) is 13.1. The molecular formula is C53H37NO. The number of hydrogen-bond donors (Lipinski definition) is 0. The van der Waals surface area contributed by atoms with Crippen molar-refractivity contribution in [2.45, 2.75) is 19.3 Å². The second-order valence-corrected chi connectivity index (χ2v) is 15.3. The molecule has 55 heavy (non-hydrogen) atoms. The van der Waals surface area contributed by atoms with Gasteiger partial charge in [0.1, 0.15) is 5.58 Å². The van der Waals surface area contributed by atoms with Crippen LogP contribution in [0.4, 0.5) is 17.1 Å². The first-order valence-electron chi connectivity index (χ1n) is 19.1. The summed E-state index contributed by atoms with van der Waals surface area (Å²) < 4.78 is 6.64. The Morgan fingerprint density at radius 3 is 2.04 bits per heavy atom. The molecule has 0 saturated carbocycles. The standard InChI is InChI=1S/C53H37NO/c1-53(2)47-23-10-8-21-45(47)50-46(33-38-16-6-7-19-42(38)51(50)53)39-27-26-37-32-41(29-28-36(37)30-39)54(40-18-12-17-35(31-40)34-14-4-3-5-15-34)48-24-13-22-44-43-20-9-11-25-49(43)55-52(44)48/h3-33H,1-2H3. The lowest BCUT2D eigenvalue weighted by atomic mass is 9.79. The van der Waals surface area contributed by atoms with E-state index in [9.17, 15) is 0 Å². The molecule has 2 nitrogen and oxygen atoms in total. The van der Waals surface area contributed by atoms with Crippen LogP contribution in [-0.4, -0.2) is 0 Å². The number of nitrogens with zero attached hydrogens (tertiary/aromatic N) is 1. The first-order valence-corrected chi connectivity index (χ1v) is 19.1. The zero-order valence-electron chi connectivity index (χ0n) is 30.8. The van der Waals surface area contributed by atoms with E-state index >= 15 is 0 Å². The minimum atomic E-state index is -0.0999. The summed E-state index contributed by atoms with van der Waals surface area (Å²) in [5.41, 5.74) is 15.2. The van der Waals surface area contributed by atoms with E-state index in [0.717, 1.165) is 44.6 Å². The molecule has 0 radical (unpaired) electrons. The van der Waals surface area contributed by atoms with Gasteiger partial charge in [-0.15, -0.1) is 0 Å². The molecule has 0 saturated heterocycles. The SMILES string of the molecule is CC1(C)c2ccccc2-c2c(-c3ccc4cc(N(c5cccc(-c6ccccc6)c5)c5cccc6c5oc5ccccc56)ccc4c3)cc3ccccc3c21. The van der Waals surface area contributed by atoms with Gasteiger partial charge in [0.15, 0.2) is 5.58 Å². The Bertz CT molecular complexity index is 3130. The number of fused-ring (bicyclic) bond motifs is 9. The van der Waals surface area contributed by atoms with Gasteiger partial charge in [-0.3, -0.25) is 0 Å². The minimum absolute atomic E-state index is 0.0999. The fourth-order valence-corrected chi connectivity index (χ4v) is 9.22. The van der Waals surface area contributed by atoms with Crippen LogP contribution in [0.25, 0.3) is 76.9 Å². The molecule has 0 unspecified atom stereocenters. The Morgan fingerprint density at radius 1 is 0.436 bits per heavy atom. The lowest BCUT2D eigenvalue weighted by Gasteiger charge is -2.26. The Kier molecular flexibility index (Phi) is 6.93. The molecule has 0 N–H and O–H groups in total. The van der Waals surface area contributed by atoms with Crippen molar-refractivity contribution < 1.29 is 4.42 Å². The van der Waals surface area contributed by atoms with E-state index in [1.54, 1.807) is 0 Å². The summed E-state index contributed by atoms with van der Waals surface area (Å²) in [6.45, 7) is 4.76. The summed E-state index contributed by atoms with van der Waals surface area (Å²) >= 11 is 0. The monoisotopic (exact) mass is 703 g/mol. The van der Waals surface area contributed by atoms with Crippen LogP contribution < -0.4 is 4.90 Å². The Labute approximate surface area is 320 Å². The Hall–Kier alpha value is -6.90. The second-order valence-electron chi connectivity index (χ2n) is 15.3. The van der Waals surface area contributed by atoms with E-state index < -0.39 is 0 Å². The molecule has 9 aromatic carbocycles. The molecule has 11 rings (SSSR count). The van der Waals surface area contributed by atoms with Gasteiger partial charge < -0.3 is 9.32 Å². The minimum Gasteiger partial charge on any atom is -0.454 e. The van der Waals surface area contributed by atoms with Crippen LogP contribution in [0.5, 0.6) is 0 Å². The summed E-state index contributed by atoms with van der Waals surface area (Å²) in [5.74, 6) is 0. The predicted octanol–water partition coefficient (Wildman–Crippen LogP) is 15.0. The van der Waals surface area contributed by atoms with Crippen molar-refractivity contribution in [1.29, 1.82) is 0 Å². The molecule has 0 aliphatic heterocycles. The van der Waals surface area contributed by atoms with Gasteiger partial charge in [-0.05, 0) is 115 Å². The van der Waals surface area contributed by atoms with Gasteiger partial charge in [0.25, 0.3) is 0 Å². The fourth-order valence-electron chi connectivity index (χ4n) is 9.22. The van der Waals surface area contributed by atoms with Crippen LogP contribution in [0.2, 0.25) is 0 Å². The van der Waals surface area contributed by atoms with Crippen molar-refractivity contribution in [3.8, 4) is 33.4 Å². The average Bonchev–Trinajstić information content (AvgIpc) is 3.74. The van der Waals surface area contributed by atoms with Crippen molar-refractivity contribution in [2.75, 3.05) is 4.90 Å². The maximum atomic E-state index is 6.64. The maximum Gasteiger partial charge on any atom is 0.159 e. The molecule has 1 aromatic heterocycles. The molecular weight excluding hydrogens is 667 g/mol. The number of furan rings is 1. The molecule has 0 amide bonds. The third-order valence-corrected chi connectivity index (χ3v) is 11.8. The highest BCUT2D eigenvalue weighted by Crippen LogP contribution is 2.55. The van der Waals surface area contributed by atoms with Gasteiger partial charge in [0.05, 0.1) is 5.69 Å². The van der Waals surface area contributed by atoms with Crippen LogP contribution in [0, 0.1) is 0 Å². The smallest absolute Gasteiger partial charge is 0.159 e. The second kappa shape index (κ2) is 12.1. The van der Waals surface area contributed by atoms with E-state index in [0.29, 0.717) is 0 Å². The predicted molar refractivity (Wildman–Crippen MR) is 232 cm³/mol. The summed E-state index contributed by atoms with van der Waals surface area (Å²) in [4.78, 5) is 2.35. The Morgan fingerprint density at radius 2 is 1.13 bits per heavy atom. The van der Waals surface area contributed by atoms with Gasteiger partial charge >= 0.3 is 0 Å². The summed E-state index contributed by atoms with van der Waals surface area (Å²) in [5, 5.41) is 7.23. The van der Waals surface area contributed by atoms with Crippen LogP contribution >= 0.6 is 0 Å². The van der Waals surface area contributed by atoms with Gasteiger partial charge in [0, 0.05) is 27.6 Å². The quantitative estimate of drug-likeness (QED) is 0.177. The molecule has 1 heterocycles. The van der Waals surface area contributed by atoms with Crippen molar-refractivity contribution in [2.24, 2.45) is 0 Å². The van der Waals surface area contributed by atoms with Gasteiger partial charge in [-0.2, -0.15) is 0 Å². The van der Waals surface area contributed by atoms with Gasteiger partial charge in [0.2, 0.25) is 0 Å². The van der Waals surface area contributed by atoms with Crippen LogP contribution in [0.3, 0.4) is 0 Å². The van der Waals surface area contributed by atoms with E-state index in [2.05, 4.69) is 201 Å². The maximum absolute atomic E-state index is 6.64. The van der Waals surface area contributed by atoms with E-state index in [1.165, 1.54) is 60.5 Å². The topological polar surface area (TPSA) is 16.4 Å². The molecule has 0 atom stereocenters. The fraction of sp³-hybridized carbons (Fsp3) is 0.0566. The molecule has 1 aliphatic carbocycles. The van der Waals surface area contributed by atoms with E-state index in [1.807, 2.05) is 6.07 Å². The van der Waals surface area contributed by atoms with Crippen molar-refractivity contribution >= 4 is 60.5 Å². The number of para-hydroxylation sites is 2. The summed E-state index contributed by atoms with van der Waals surface area (Å²) in [7, 11) is 0. The number of rotatable bonds is 5. The third-order valence-electron chi connectivity index (χ3n) is 11.8. The number of anilines is 3. The number of benzene rings is 9. The zero-order chi connectivity index (χ0) is 36.7. The molecule has 2 heteroatoms. The van der Waals surface area contributed by atoms with Crippen molar-refractivity contribution in [3.05, 3.63) is 199 Å². The molecule has 0 spiro atoms. The lowest BCUT2D eigenvalue weighted by molar-refractivity contribution is 0.666. The largest absolute Gasteiger partial charge is 0.454 e. The Balaban J connectivity index is 1.09. The molecule has 10 aromatic rings. The van der Waals surface area contributed by atoms with Crippen molar-refractivity contribution in [1.82, 2.24) is 0 Å². The lowest BCUT2D eigenvalue weighted by Crippen LogP contribution is -2.15. The van der Waals surface area contributed by atoms with E-state index in [4.69, 9.17) is 4.42 Å². The van der Waals surface area contributed by atoms with Crippen LogP contribution in [0.1, 0.15) is 25.0 Å². The van der Waals surface area contributed by atoms with E-state index in [-0.39, 0.29) is 5.41 Å². The van der Waals surface area contributed by atoms with Gasteiger partial charge in [-0.25, -0.2) is 0 Å². The first kappa shape index (κ1) is 31.6.